The average molecular weight is 214 g/mol. The molecular formula is C14H18N2. The van der Waals surface area contributed by atoms with Crippen molar-refractivity contribution in [2.75, 3.05) is 0 Å². The molecule has 1 aromatic rings. The zero-order valence-electron chi connectivity index (χ0n) is 9.90. The lowest BCUT2D eigenvalue weighted by atomic mass is 9.97. The summed E-state index contributed by atoms with van der Waals surface area (Å²) >= 11 is 0. The van der Waals surface area contributed by atoms with Crippen LogP contribution in [0.3, 0.4) is 0 Å². The minimum atomic E-state index is -0.170. The van der Waals surface area contributed by atoms with Crippen LogP contribution in [0, 0.1) is 11.3 Å². The van der Waals surface area contributed by atoms with Crippen molar-refractivity contribution in [1.29, 1.82) is 5.26 Å². The quantitative estimate of drug-likeness (QED) is 0.835. The molecule has 0 aliphatic heterocycles. The van der Waals surface area contributed by atoms with Gasteiger partial charge in [0.15, 0.2) is 0 Å². The molecule has 2 nitrogen and oxygen atoms in total. The van der Waals surface area contributed by atoms with Crippen LogP contribution in [0.15, 0.2) is 24.3 Å². The third kappa shape index (κ3) is 2.43. The zero-order chi connectivity index (χ0) is 11.5. The molecule has 2 rings (SSSR count). The smallest absolute Gasteiger partial charge is 0.121 e. The van der Waals surface area contributed by atoms with E-state index in [1.165, 1.54) is 24.0 Å². The molecule has 0 heterocycles. The SMILES string of the molecule is CC(C)NC(C#N)c1ccccc1C1CC1. The normalized spacial score (nSPS) is 17.1. The monoisotopic (exact) mass is 214 g/mol. The maximum atomic E-state index is 9.24. The molecule has 0 saturated heterocycles. The first-order chi connectivity index (χ1) is 7.72. The number of hydrogen-bond donors (Lipinski definition) is 1. The molecule has 0 radical (unpaired) electrons. The highest BCUT2D eigenvalue weighted by Gasteiger charge is 2.28. The Balaban J connectivity index is 2.26. The summed E-state index contributed by atoms with van der Waals surface area (Å²) in [6.45, 7) is 4.15. The molecule has 0 amide bonds. The molecule has 1 fully saturated rings. The van der Waals surface area contributed by atoms with Crippen molar-refractivity contribution in [3.8, 4) is 6.07 Å². The number of rotatable bonds is 4. The minimum Gasteiger partial charge on any atom is -0.296 e. The summed E-state index contributed by atoms with van der Waals surface area (Å²) in [5, 5.41) is 12.6. The summed E-state index contributed by atoms with van der Waals surface area (Å²) < 4.78 is 0. The van der Waals surface area contributed by atoms with E-state index in [0.29, 0.717) is 12.0 Å². The van der Waals surface area contributed by atoms with Crippen molar-refractivity contribution >= 4 is 0 Å². The predicted octanol–water partition coefficient (Wildman–Crippen LogP) is 3.13. The van der Waals surface area contributed by atoms with Gasteiger partial charge in [0.05, 0.1) is 6.07 Å². The Labute approximate surface area is 97.3 Å². The number of hydrogen-bond acceptors (Lipinski definition) is 2. The van der Waals surface area contributed by atoms with Gasteiger partial charge in [0.25, 0.3) is 0 Å². The summed E-state index contributed by atoms with van der Waals surface area (Å²) in [4.78, 5) is 0. The lowest BCUT2D eigenvalue weighted by Crippen LogP contribution is -2.27. The first kappa shape index (κ1) is 11.2. The van der Waals surface area contributed by atoms with Crippen LogP contribution in [-0.2, 0) is 0 Å². The van der Waals surface area contributed by atoms with E-state index in [1.54, 1.807) is 0 Å². The molecule has 0 bridgehead atoms. The Hall–Kier alpha value is -1.33. The van der Waals surface area contributed by atoms with Crippen LogP contribution in [0.4, 0.5) is 0 Å². The Morgan fingerprint density at radius 1 is 1.31 bits per heavy atom. The predicted molar refractivity (Wildman–Crippen MR) is 65.0 cm³/mol. The second-order valence-electron chi connectivity index (χ2n) is 4.79. The van der Waals surface area contributed by atoms with Crippen LogP contribution >= 0.6 is 0 Å². The minimum absolute atomic E-state index is 0.170. The van der Waals surface area contributed by atoms with Gasteiger partial charge in [0.2, 0.25) is 0 Å². The molecule has 0 aromatic heterocycles. The van der Waals surface area contributed by atoms with E-state index in [0.717, 1.165) is 0 Å². The van der Waals surface area contributed by atoms with Gasteiger partial charge in [-0.3, -0.25) is 5.32 Å². The van der Waals surface area contributed by atoms with Crippen molar-refractivity contribution in [1.82, 2.24) is 5.32 Å². The Morgan fingerprint density at radius 2 is 2.00 bits per heavy atom. The fraction of sp³-hybridized carbons (Fsp3) is 0.500. The molecule has 1 aliphatic rings. The van der Waals surface area contributed by atoms with Gasteiger partial charge >= 0.3 is 0 Å². The molecule has 1 aliphatic carbocycles. The van der Waals surface area contributed by atoms with E-state index in [2.05, 4.69) is 43.4 Å². The molecule has 1 unspecified atom stereocenters. The van der Waals surface area contributed by atoms with E-state index in [4.69, 9.17) is 0 Å². The van der Waals surface area contributed by atoms with E-state index in [9.17, 15) is 5.26 Å². The van der Waals surface area contributed by atoms with Gasteiger partial charge in [-0.2, -0.15) is 5.26 Å². The third-order valence-electron chi connectivity index (χ3n) is 2.95. The van der Waals surface area contributed by atoms with Crippen molar-refractivity contribution in [2.45, 2.75) is 44.7 Å². The summed E-state index contributed by atoms with van der Waals surface area (Å²) in [5.41, 5.74) is 2.53. The Kier molecular flexibility index (Phi) is 3.26. The van der Waals surface area contributed by atoms with Gasteiger partial charge in [-0.15, -0.1) is 0 Å². The second kappa shape index (κ2) is 4.67. The number of nitrogens with one attached hydrogen (secondary N) is 1. The Bertz CT molecular complexity index is 399. The molecule has 16 heavy (non-hydrogen) atoms. The zero-order valence-corrected chi connectivity index (χ0v) is 9.90. The summed E-state index contributed by atoms with van der Waals surface area (Å²) in [5.74, 6) is 0.695. The molecular weight excluding hydrogens is 196 g/mol. The number of nitrogens with zero attached hydrogens (tertiary/aromatic N) is 1. The van der Waals surface area contributed by atoms with Gasteiger partial charge in [-0.1, -0.05) is 24.3 Å². The number of nitriles is 1. The van der Waals surface area contributed by atoms with Gasteiger partial charge in [-0.25, -0.2) is 0 Å². The highest BCUT2D eigenvalue weighted by atomic mass is 14.9. The molecule has 2 heteroatoms. The lowest BCUT2D eigenvalue weighted by molar-refractivity contribution is 0.543. The second-order valence-corrected chi connectivity index (χ2v) is 4.79. The highest BCUT2D eigenvalue weighted by Crippen LogP contribution is 2.42. The lowest BCUT2D eigenvalue weighted by Gasteiger charge is -2.18. The maximum Gasteiger partial charge on any atom is 0.121 e. The number of benzene rings is 1. The van der Waals surface area contributed by atoms with E-state index in [1.807, 2.05) is 6.07 Å². The van der Waals surface area contributed by atoms with Gasteiger partial charge < -0.3 is 0 Å². The highest BCUT2D eigenvalue weighted by molar-refractivity contribution is 5.38. The topological polar surface area (TPSA) is 35.8 Å². The largest absolute Gasteiger partial charge is 0.296 e. The van der Waals surface area contributed by atoms with E-state index in [-0.39, 0.29) is 6.04 Å². The van der Waals surface area contributed by atoms with Crippen molar-refractivity contribution < 1.29 is 0 Å². The van der Waals surface area contributed by atoms with Crippen LogP contribution in [-0.4, -0.2) is 6.04 Å². The fourth-order valence-corrected chi connectivity index (χ4v) is 2.07. The summed E-state index contributed by atoms with van der Waals surface area (Å²) in [7, 11) is 0. The first-order valence-electron chi connectivity index (χ1n) is 5.97. The summed E-state index contributed by atoms with van der Waals surface area (Å²) in [6.07, 6.45) is 2.55. The van der Waals surface area contributed by atoms with Crippen LogP contribution < -0.4 is 5.32 Å². The molecule has 1 saturated carbocycles. The van der Waals surface area contributed by atoms with Crippen LogP contribution in [0.1, 0.15) is 49.8 Å². The fourth-order valence-electron chi connectivity index (χ4n) is 2.07. The molecule has 84 valence electrons. The van der Waals surface area contributed by atoms with E-state index >= 15 is 0 Å². The standard InChI is InChI=1S/C14H18N2/c1-10(2)16-14(9-15)13-6-4-3-5-12(13)11-7-8-11/h3-6,10-11,14,16H,7-8H2,1-2H3. The third-order valence-corrected chi connectivity index (χ3v) is 2.95. The van der Waals surface area contributed by atoms with Crippen molar-refractivity contribution in [3.05, 3.63) is 35.4 Å². The van der Waals surface area contributed by atoms with Crippen molar-refractivity contribution in [2.24, 2.45) is 0 Å². The first-order valence-corrected chi connectivity index (χ1v) is 5.97. The van der Waals surface area contributed by atoms with Gasteiger partial charge in [0.1, 0.15) is 6.04 Å². The van der Waals surface area contributed by atoms with Crippen LogP contribution in [0.2, 0.25) is 0 Å². The van der Waals surface area contributed by atoms with Gasteiger partial charge in [-0.05, 0) is 43.7 Å². The molecule has 1 atom stereocenters. The molecule has 0 spiro atoms. The molecule has 1 N–H and O–H groups in total. The van der Waals surface area contributed by atoms with Crippen LogP contribution in [0.5, 0.6) is 0 Å². The van der Waals surface area contributed by atoms with Crippen LogP contribution in [0.25, 0.3) is 0 Å². The summed E-state index contributed by atoms with van der Waals surface area (Å²) in [6, 6.07) is 10.9. The maximum absolute atomic E-state index is 9.24. The van der Waals surface area contributed by atoms with E-state index < -0.39 is 0 Å². The van der Waals surface area contributed by atoms with Crippen molar-refractivity contribution in [3.63, 3.8) is 0 Å². The molecule has 1 aromatic carbocycles. The average Bonchev–Trinajstić information content (AvgIpc) is 3.09. The Morgan fingerprint density at radius 3 is 2.56 bits per heavy atom. The van der Waals surface area contributed by atoms with Gasteiger partial charge in [0, 0.05) is 6.04 Å².